The fraction of sp³-hybridized carbons (Fsp3) is 0.400. The number of hydrogen-bond acceptors (Lipinski definition) is 3. The summed E-state index contributed by atoms with van der Waals surface area (Å²) in [5.41, 5.74) is 1.50. The van der Waals surface area contributed by atoms with Gasteiger partial charge >= 0.3 is 5.97 Å². The van der Waals surface area contributed by atoms with E-state index in [0.29, 0.717) is 25.1 Å². The second-order valence-electron chi connectivity index (χ2n) is 4.50. The summed E-state index contributed by atoms with van der Waals surface area (Å²) in [6, 6.07) is 7.89. The number of fused-ring (bicyclic) bond motifs is 1. The zero-order valence-corrected chi connectivity index (χ0v) is 11.1. The van der Waals surface area contributed by atoms with Crippen molar-refractivity contribution in [3.05, 3.63) is 35.9 Å². The van der Waals surface area contributed by atoms with Crippen molar-refractivity contribution in [1.29, 1.82) is 0 Å². The van der Waals surface area contributed by atoms with Gasteiger partial charge in [-0.2, -0.15) is 0 Å². The maximum atomic E-state index is 11.0. The Morgan fingerprint density at radius 2 is 2.26 bits per heavy atom. The van der Waals surface area contributed by atoms with Gasteiger partial charge in [0.15, 0.2) is 0 Å². The van der Waals surface area contributed by atoms with Crippen molar-refractivity contribution in [2.24, 2.45) is 0 Å². The minimum atomic E-state index is -0.832. The first-order chi connectivity index (χ1) is 9.22. The SMILES string of the molecule is CC/C(=C/CN1CCCOc2ccccc21)C(=O)O. The van der Waals surface area contributed by atoms with Crippen LogP contribution in [0.3, 0.4) is 0 Å². The fourth-order valence-corrected chi connectivity index (χ4v) is 2.19. The van der Waals surface area contributed by atoms with Crippen molar-refractivity contribution in [2.75, 3.05) is 24.6 Å². The van der Waals surface area contributed by atoms with Gasteiger partial charge in [-0.05, 0) is 25.0 Å². The molecular weight excluding hydrogens is 242 g/mol. The fourth-order valence-electron chi connectivity index (χ4n) is 2.19. The second kappa shape index (κ2) is 6.27. The van der Waals surface area contributed by atoms with Gasteiger partial charge in [0.2, 0.25) is 0 Å². The molecule has 0 unspecified atom stereocenters. The molecular formula is C15H19NO3. The Balaban J connectivity index is 2.18. The second-order valence-corrected chi connectivity index (χ2v) is 4.50. The standard InChI is InChI=1S/C15H19NO3/c1-2-12(15(17)18)8-10-16-9-5-11-19-14-7-4-3-6-13(14)16/h3-4,6-8H,2,5,9-11H2,1H3,(H,17,18)/b12-8-. The van der Waals surface area contributed by atoms with E-state index in [-0.39, 0.29) is 0 Å². The van der Waals surface area contributed by atoms with Crippen LogP contribution in [0.25, 0.3) is 0 Å². The highest BCUT2D eigenvalue weighted by Crippen LogP contribution is 2.30. The Morgan fingerprint density at radius 3 is 3.00 bits per heavy atom. The summed E-state index contributed by atoms with van der Waals surface area (Å²) in [6.45, 7) is 4.05. The van der Waals surface area contributed by atoms with Gasteiger partial charge in [0.05, 0.1) is 12.3 Å². The average Bonchev–Trinajstić information content (AvgIpc) is 2.62. The molecule has 1 aromatic carbocycles. The Bertz CT molecular complexity index is 482. The van der Waals surface area contributed by atoms with Gasteiger partial charge in [0, 0.05) is 18.7 Å². The van der Waals surface area contributed by atoms with Crippen LogP contribution >= 0.6 is 0 Å². The summed E-state index contributed by atoms with van der Waals surface area (Å²) < 4.78 is 5.68. The van der Waals surface area contributed by atoms with Crippen LogP contribution in [0.2, 0.25) is 0 Å². The van der Waals surface area contributed by atoms with E-state index in [2.05, 4.69) is 4.90 Å². The topological polar surface area (TPSA) is 49.8 Å². The van der Waals surface area contributed by atoms with E-state index in [0.717, 1.165) is 24.4 Å². The molecule has 0 atom stereocenters. The highest BCUT2D eigenvalue weighted by molar-refractivity contribution is 5.86. The molecule has 0 spiro atoms. The van der Waals surface area contributed by atoms with Crippen molar-refractivity contribution in [3.8, 4) is 5.75 Å². The lowest BCUT2D eigenvalue weighted by molar-refractivity contribution is -0.132. The number of benzene rings is 1. The first kappa shape index (κ1) is 13.5. The van der Waals surface area contributed by atoms with Crippen LogP contribution < -0.4 is 9.64 Å². The van der Waals surface area contributed by atoms with Crippen molar-refractivity contribution in [1.82, 2.24) is 0 Å². The highest BCUT2D eigenvalue weighted by atomic mass is 16.5. The van der Waals surface area contributed by atoms with Gasteiger partial charge in [-0.25, -0.2) is 4.79 Å². The predicted molar refractivity (Wildman–Crippen MR) is 74.8 cm³/mol. The Kier molecular flexibility index (Phi) is 4.44. The number of para-hydroxylation sites is 2. The summed E-state index contributed by atoms with van der Waals surface area (Å²) in [4.78, 5) is 13.2. The molecule has 0 saturated carbocycles. The quantitative estimate of drug-likeness (QED) is 0.847. The number of anilines is 1. The molecule has 4 heteroatoms. The Hall–Kier alpha value is -1.97. The number of nitrogens with zero attached hydrogens (tertiary/aromatic N) is 1. The number of carbonyl (C=O) groups is 1. The predicted octanol–water partition coefficient (Wildman–Crippen LogP) is 2.70. The summed E-state index contributed by atoms with van der Waals surface area (Å²) in [5, 5.41) is 9.04. The number of aliphatic carboxylic acids is 1. The molecule has 4 nitrogen and oxygen atoms in total. The van der Waals surface area contributed by atoms with Crippen LogP contribution in [0.1, 0.15) is 19.8 Å². The molecule has 0 amide bonds. The molecule has 1 aliphatic rings. The third-order valence-electron chi connectivity index (χ3n) is 3.25. The van der Waals surface area contributed by atoms with E-state index in [9.17, 15) is 4.79 Å². The molecule has 2 rings (SSSR count). The van der Waals surface area contributed by atoms with Gasteiger partial charge in [0.25, 0.3) is 0 Å². The van der Waals surface area contributed by atoms with E-state index < -0.39 is 5.97 Å². The van der Waals surface area contributed by atoms with Crippen LogP contribution in [0.15, 0.2) is 35.9 Å². The van der Waals surface area contributed by atoms with Gasteiger partial charge in [-0.15, -0.1) is 0 Å². The van der Waals surface area contributed by atoms with Crippen LogP contribution in [-0.2, 0) is 4.79 Å². The van der Waals surface area contributed by atoms with E-state index in [4.69, 9.17) is 9.84 Å². The van der Waals surface area contributed by atoms with E-state index in [1.165, 1.54) is 0 Å². The van der Waals surface area contributed by atoms with Crippen molar-refractivity contribution >= 4 is 11.7 Å². The van der Waals surface area contributed by atoms with Gasteiger partial charge in [0.1, 0.15) is 5.75 Å². The third kappa shape index (κ3) is 3.28. The van der Waals surface area contributed by atoms with E-state index in [1.54, 1.807) is 6.08 Å². The molecule has 1 aromatic rings. The molecule has 1 N–H and O–H groups in total. The zero-order valence-electron chi connectivity index (χ0n) is 11.1. The first-order valence-corrected chi connectivity index (χ1v) is 6.61. The van der Waals surface area contributed by atoms with Crippen molar-refractivity contribution < 1.29 is 14.6 Å². The molecule has 0 saturated heterocycles. The summed E-state index contributed by atoms with van der Waals surface area (Å²) >= 11 is 0. The highest BCUT2D eigenvalue weighted by Gasteiger charge is 2.15. The lowest BCUT2D eigenvalue weighted by Crippen LogP contribution is -2.24. The summed E-state index contributed by atoms with van der Waals surface area (Å²) in [5.74, 6) is 0.0450. The molecule has 1 heterocycles. The zero-order chi connectivity index (χ0) is 13.7. The first-order valence-electron chi connectivity index (χ1n) is 6.61. The van der Waals surface area contributed by atoms with Crippen molar-refractivity contribution in [2.45, 2.75) is 19.8 Å². The van der Waals surface area contributed by atoms with Crippen LogP contribution in [0, 0.1) is 0 Å². The minimum absolute atomic E-state index is 0.461. The lowest BCUT2D eigenvalue weighted by atomic mass is 10.2. The van der Waals surface area contributed by atoms with Gasteiger partial charge in [-0.1, -0.05) is 25.1 Å². The molecule has 0 bridgehead atoms. The molecule has 1 aliphatic heterocycles. The molecule has 102 valence electrons. The third-order valence-corrected chi connectivity index (χ3v) is 3.25. The smallest absolute Gasteiger partial charge is 0.331 e. The Labute approximate surface area is 113 Å². The molecule has 19 heavy (non-hydrogen) atoms. The average molecular weight is 261 g/mol. The molecule has 0 radical (unpaired) electrons. The maximum Gasteiger partial charge on any atom is 0.331 e. The summed E-state index contributed by atoms with van der Waals surface area (Å²) in [6.07, 6.45) is 3.28. The van der Waals surface area contributed by atoms with Crippen molar-refractivity contribution in [3.63, 3.8) is 0 Å². The number of rotatable bonds is 4. The van der Waals surface area contributed by atoms with E-state index in [1.807, 2.05) is 31.2 Å². The number of ether oxygens (including phenoxy) is 1. The van der Waals surface area contributed by atoms with Crippen LogP contribution in [0.4, 0.5) is 5.69 Å². The molecule has 0 fully saturated rings. The minimum Gasteiger partial charge on any atom is -0.491 e. The number of carboxylic acid groups (broad SMARTS) is 1. The Morgan fingerprint density at radius 1 is 1.47 bits per heavy atom. The van der Waals surface area contributed by atoms with Crippen LogP contribution in [0.5, 0.6) is 5.75 Å². The van der Waals surface area contributed by atoms with Gasteiger partial charge in [-0.3, -0.25) is 0 Å². The normalized spacial score (nSPS) is 15.4. The van der Waals surface area contributed by atoms with Gasteiger partial charge < -0.3 is 14.7 Å². The molecule has 0 aliphatic carbocycles. The monoisotopic (exact) mass is 261 g/mol. The number of carboxylic acids is 1. The maximum absolute atomic E-state index is 11.0. The van der Waals surface area contributed by atoms with E-state index >= 15 is 0 Å². The van der Waals surface area contributed by atoms with Crippen LogP contribution in [-0.4, -0.2) is 30.8 Å². The summed E-state index contributed by atoms with van der Waals surface area (Å²) in [7, 11) is 0. The lowest BCUT2D eigenvalue weighted by Gasteiger charge is -2.22. The largest absolute Gasteiger partial charge is 0.491 e. The number of hydrogen-bond donors (Lipinski definition) is 1. The molecule has 0 aromatic heterocycles.